The lowest BCUT2D eigenvalue weighted by atomic mass is 9.59. The van der Waals surface area contributed by atoms with Crippen molar-refractivity contribution in [3.63, 3.8) is 0 Å². The standard InChI is InChI=1S/C29H31F6NO7/c1-12-5-19-25(40,21(12)38)10-14(11-37)6-18-20-24(3,4)27(20,42)22(13(2)26(18,19)41)43-23(39)36-17-8-15(28(30,31)32)7-16(9-17)29(33,34)35/h5-9,13,18-20,22,37,40-42H,10-11H2,1-4H3,(H,36,39)/t13-,18+,19-,20+,22-,25-,26-,27-/m1/s1. The first-order valence-electron chi connectivity index (χ1n) is 13.5. The van der Waals surface area contributed by atoms with Gasteiger partial charge in [0, 0.05) is 41.2 Å². The molecule has 0 radical (unpaired) electrons. The fourth-order valence-corrected chi connectivity index (χ4v) is 7.90. The van der Waals surface area contributed by atoms with Crippen LogP contribution >= 0.6 is 0 Å². The number of nitrogens with one attached hydrogen (secondary N) is 1. The zero-order valence-corrected chi connectivity index (χ0v) is 23.5. The molecule has 0 aromatic heterocycles. The molecule has 2 saturated carbocycles. The number of anilines is 1. The van der Waals surface area contributed by atoms with Gasteiger partial charge >= 0.3 is 18.4 Å². The number of aliphatic hydroxyl groups excluding tert-OH is 1. The van der Waals surface area contributed by atoms with Crippen LogP contribution in [-0.4, -0.2) is 61.8 Å². The van der Waals surface area contributed by atoms with Crippen molar-refractivity contribution in [1.29, 1.82) is 0 Å². The molecule has 236 valence electrons. The van der Waals surface area contributed by atoms with Crippen molar-refractivity contribution >= 4 is 17.6 Å². The second kappa shape index (κ2) is 9.29. The highest BCUT2D eigenvalue weighted by molar-refractivity contribution is 6.04. The SMILES string of the molecule is CC1=C[C@H]2[C@@]3(O)[C@H](C)[C@@H](OC(=O)Nc4cc(C(F)(F)F)cc(C(F)(F)F)c4)[C@]4(O)[C@@H]([C@@H]3C=C(CO)C[C@]2(O)C1=O)C4(C)C. The van der Waals surface area contributed by atoms with Crippen LogP contribution in [0.1, 0.15) is 45.2 Å². The van der Waals surface area contributed by atoms with Crippen molar-refractivity contribution in [3.8, 4) is 0 Å². The molecule has 1 aromatic carbocycles. The van der Waals surface area contributed by atoms with Gasteiger partial charge < -0.3 is 25.2 Å². The molecule has 0 unspecified atom stereocenters. The van der Waals surface area contributed by atoms with E-state index in [0.29, 0.717) is 12.1 Å². The van der Waals surface area contributed by atoms with E-state index in [1.165, 1.54) is 26.0 Å². The molecule has 0 bridgehead atoms. The van der Waals surface area contributed by atoms with E-state index in [1.54, 1.807) is 13.8 Å². The second-order valence-electron chi connectivity index (χ2n) is 12.7. The maximum atomic E-state index is 13.3. The Balaban J connectivity index is 1.54. The number of rotatable bonds is 3. The van der Waals surface area contributed by atoms with Crippen molar-refractivity contribution in [2.45, 2.75) is 69.4 Å². The maximum absolute atomic E-state index is 13.3. The van der Waals surface area contributed by atoms with E-state index >= 15 is 0 Å². The normalized spacial score (nSPS) is 38.2. The van der Waals surface area contributed by atoms with Gasteiger partial charge in [0.15, 0.2) is 5.78 Å². The predicted molar refractivity (Wildman–Crippen MR) is 137 cm³/mol. The summed E-state index contributed by atoms with van der Waals surface area (Å²) in [5, 5.41) is 47.8. The number of ketones is 1. The Morgan fingerprint density at radius 2 is 1.58 bits per heavy atom. The monoisotopic (exact) mass is 619 g/mol. The van der Waals surface area contributed by atoms with Gasteiger partial charge in [0.2, 0.25) is 0 Å². The van der Waals surface area contributed by atoms with E-state index in [-0.39, 0.29) is 23.6 Å². The quantitative estimate of drug-likeness (QED) is 0.253. The van der Waals surface area contributed by atoms with Crippen molar-refractivity contribution in [2.75, 3.05) is 11.9 Å². The number of Topliss-reactive ketones (excluding diaryl/α,β-unsaturated/α-hetero) is 1. The first-order chi connectivity index (χ1) is 19.5. The third-order valence-electron chi connectivity index (χ3n) is 10.1. The molecule has 8 atom stereocenters. The number of hydrogen-bond donors (Lipinski definition) is 5. The number of carbonyl (C=O) groups excluding carboxylic acids is 2. The van der Waals surface area contributed by atoms with E-state index < -0.39 is 99.6 Å². The smallest absolute Gasteiger partial charge is 0.416 e. The van der Waals surface area contributed by atoms with Gasteiger partial charge in [-0.1, -0.05) is 32.9 Å². The molecule has 0 saturated heterocycles. The molecular formula is C29H31F6NO7. The molecule has 1 aromatic rings. The zero-order chi connectivity index (χ0) is 32.3. The summed E-state index contributed by atoms with van der Waals surface area (Å²) >= 11 is 0. The summed E-state index contributed by atoms with van der Waals surface area (Å²) in [5.74, 6) is -4.97. The first kappa shape index (κ1) is 31.5. The third kappa shape index (κ3) is 4.35. The fraction of sp³-hybridized carbons (Fsp3) is 0.586. The Bertz CT molecular complexity index is 1420. The van der Waals surface area contributed by atoms with Crippen molar-refractivity contribution in [1.82, 2.24) is 0 Å². The number of halogens is 6. The van der Waals surface area contributed by atoms with E-state index in [2.05, 4.69) is 0 Å². The molecule has 43 heavy (non-hydrogen) atoms. The Morgan fingerprint density at radius 3 is 2.09 bits per heavy atom. The van der Waals surface area contributed by atoms with Crippen molar-refractivity contribution < 1.29 is 61.1 Å². The van der Waals surface area contributed by atoms with Gasteiger partial charge in [0.25, 0.3) is 0 Å². The summed E-state index contributed by atoms with van der Waals surface area (Å²) < 4.78 is 85.5. The number of benzene rings is 1. The van der Waals surface area contributed by atoms with Crippen LogP contribution in [0.5, 0.6) is 0 Å². The number of alkyl halides is 6. The van der Waals surface area contributed by atoms with Crippen LogP contribution in [0.2, 0.25) is 0 Å². The number of hydrogen-bond acceptors (Lipinski definition) is 7. The average molecular weight is 620 g/mol. The minimum Gasteiger partial charge on any atom is -0.442 e. The third-order valence-corrected chi connectivity index (χ3v) is 10.1. The molecule has 4 aliphatic rings. The van der Waals surface area contributed by atoms with Crippen LogP contribution in [0.15, 0.2) is 41.5 Å². The van der Waals surface area contributed by atoms with Crippen molar-refractivity contribution in [2.24, 2.45) is 29.1 Å². The second-order valence-corrected chi connectivity index (χ2v) is 12.7. The van der Waals surface area contributed by atoms with E-state index in [1.807, 2.05) is 5.32 Å². The highest BCUT2D eigenvalue weighted by Gasteiger charge is 2.85. The minimum atomic E-state index is -5.17. The molecule has 0 heterocycles. The van der Waals surface area contributed by atoms with Gasteiger partial charge in [-0.15, -0.1) is 0 Å². The van der Waals surface area contributed by atoms with Gasteiger partial charge in [-0.3, -0.25) is 10.1 Å². The highest BCUT2D eigenvalue weighted by Crippen LogP contribution is 2.75. The van der Waals surface area contributed by atoms with Crippen LogP contribution in [0.25, 0.3) is 0 Å². The molecule has 14 heteroatoms. The lowest BCUT2D eigenvalue weighted by molar-refractivity contribution is -0.208. The number of fused-ring (bicyclic) bond motifs is 5. The molecule has 2 fully saturated rings. The fourth-order valence-electron chi connectivity index (χ4n) is 7.90. The summed E-state index contributed by atoms with van der Waals surface area (Å²) in [5.41, 5.74) is -10.9. The number of ether oxygens (including phenoxy) is 1. The van der Waals surface area contributed by atoms with Crippen LogP contribution < -0.4 is 5.32 Å². The maximum Gasteiger partial charge on any atom is 0.416 e. The summed E-state index contributed by atoms with van der Waals surface area (Å²) in [6.45, 7) is 5.55. The average Bonchev–Trinajstić information content (AvgIpc) is 3.28. The highest BCUT2D eigenvalue weighted by atomic mass is 19.4. The van der Waals surface area contributed by atoms with E-state index in [4.69, 9.17) is 4.74 Å². The van der Waals surface area contributed by atoms with Crippen LogP contribution in [0.4, 0.5) is 36.8 Å². The van der Waals surface area contributed by atoms with Crippen LogP contribution in [0.3, 0.4) is 0 Å². The molecule has 8 nitrogen and oxygen atoms in total. The molecule has 5 N–H and O–H groups in total. The van der Waals surface area contributed by atoms with E-state index in [9.17, 15) is 56.4 Å². The Hall–Kier alpha value is -2.94. The lowest BCUT2D eigenvalue weighted by Gasteiger charge is -2.52. The Kier molecular flexibility index (Phi) is 6.80. The van der Waals surface area contributed by atoms with Crippen LogP contribution in [0, 0.1) is 29.1 Å². The molecule has 5 rings (SSSR count). The Labute approximate surface area is 242 Å². The van der Waals surface area contributed by atoms with Gasteiger partial charge in [0.05, 0.1) is 23.3 Å². The number of amides is 1. The Morgan fingerprint density at radius 1 is 1.02 bits per heavy atom. The predicted octanol–water partition coefficient (Wildman–Crippen LogP) is 4.22. The molecule has 1 amide bonds. The first-order valence-corrected chi connectivity index (χ1v) is 13.5. The number of aliphatic hydroxyl groups is 4. The largest absolute Gasteiger partial charge is 0.442 e. The van der Waals surface area contributed by atoms with Crippen LogP contribution in [-0.2, 0) is 21.9 Å². The molecule has 0 spiro atoms. The van der Waals surface area contributed by atoms with Gasteiger partial charge in [-0.2, -0.15) is 26.3 Å². The van der Waals surface area contributed by atoms with E-state index in [0.717, 1.165) is 0 Å². The minimum absolute atomic E-state index is 0.102. The molecule has 0 aliphatic heterocycles. The summed E-state index contributed by atoms with van der Waals surface area (Å²) in [7, 11) is 0. The summed E-state index contributed by atoms with van der Waals surface area (Å²) in [6, 6.07) is 0.496. The van der Waals surface area contributed by atoms with Crippen molar-refractivity contribution in [3.05, 3.63) is 52.6 Å². The van der Waals surface area contributed by atoms with Gasteiger partial charge in [-0.05, 0) is 36.3 Å². The number of carbonyl (C=O) groups is 2. The molecule has 4 aliphatic carbocycles. The zero-order valence-electron chi connectivity index (χ0n) is 23.5. The van der Waals surface area contributed by atoms with Gasteiger partial charge in [-0.25, -0.2) is 4.79 Å². The topological polar surface area (TPSA) is 136 Å². The molecular weight excluding hydrogens is 588 g/mol. The lowest BCUT2D eigenvalue weighted by Crippen LogP contribution is -2.65. The summed E-state index contributed by atoms with van der Waals surface area (Å²) in [6.07, 6.45) is -10.8. The summed E-state index contributed by atoms with van der Waals surface area (Å²) in [4.78, 5) is 26.1. The van der Waals surface area contributed by atoms with Gasteiger partial charge in [0.1, 0.15) is 17.3 Å².